The van der Waals surface area contributed by atoms with Crippen molar-refractivity contribution < 1.29 is 65.7 Å². The molecule has 0 aliphatic carbocycles. The summed E-state index contributed by atoms with van der Waals surface area (Å²) in [5, 5.41) is 8.49. The molecular formula is C6H4B3F14O-3. The molecule has 0 spiro atoms. The highest BCUT2D eigenvalue weighted by atomic mass is 19.5. The first-order chi connectivity index (χ1) is 10.2. The Hall–Kier alpha value is -1.77. The maximum absolute atomic E-state index is 12.1. The van der Waals surface area contributed by atoms with Gasteiger partial charge in [0, 0.05) is 6.07 Å². The highest BCUT2D eigenvalue weighted by Crippen LogP contribution is 2.14. The van der Waals surface area contributed by atoms with Gasteiger partial charge in [-0.2, -0.15) is 0 Å². The van der Waals surface area contributed by atoms with E-state index in [2.05, 4.69) is 0 Å². The van der Waals surface area contributed by atoms with Gasteiger partial charge >= 0.3 is 21.8 Å². The summed E-state index contributed by atoms with van der Waals surface area (Å²) in [4.78, 5) is 0. The van der Waals surface area contributed by atoms with E-state index in [1.165, 1.54) is 0 Å². The Balaban J connectivity index is -0.000000259. The van der Waals surface area contributed by atoms with Crippen LogP contribution in [0, 0.1) is 11.6 Å². The van der Waals surface area contributed by atoms with Gasteiger partial charge in [0.2, 0.25) is 0 Å². The number of aromatic hydroxyl groups is 1. The van der Waals surface area contributed by atoms with Crippen molar-refractivity contribution in [1.82, 2.24) is 0 Å². The molecule has 0 saturated carbocycles. The molecule has 24 heavy (non-hydrogen) atoms. The predicted octanol–water partition coefficient (Wildman–Crippen LogP) is 5.57. The smallest absolute Gasteiger partial charge is 0.505 e. The van der Waals surface area contributed by atoms with Crippen LogP contribution in [0.5, 0.6) is 5.75 Å². The van der Waals surface area contributed by atoms with Gasteiger partial charge in [0.25, 0.3) is 0 Å². The zero-order valence-corrected chi connectivity index (χ0v) is 10.7. The van der Waals surface area contributed by atoms with E-state index in [0.717, 1.165) is 18.2 Å². The van der Waals surface area contributed by atoms with Gasteiger partial charge in [0.05, 0.1) is 0 Å². The average Bonchev–Trinajstić information content (AvgIpc) is 2.16. The van der Waals surface area contributed by atoms with E-state index >= 15 is 0 Å². The summed E-state index contributed by atoms with van der Waals surface area (Å²) in [5.41, 5.74) is 0. The zero-order valence-electron chi connectivity index (χ0n) is 10.7. The van der Waals surface area contributed by atoms with Crippen LogP contribution in [0.4, 0.5) is 60.6 Å². The van der Waals surface area contributed by atoms with Crippen LogP contribution < -0.4 is 0 Å². The molecule has 0 aliphatic heterocycles. The van der Waals surface area contributed by atoms with Crippen LogP contribution in [-0.4, -0.2) is 26.9 Å². The number of halogens is 14. The number of hydrogen-bond donors (Lipinski definition) is 1. The third kappa shape index (κ3) is 59.3. The summed E-state index contributed by atoms with van der Waals surface area (Å²) in [5.74, 6) is -2.11. The molecular weight excluding hydrogens is 386 g/mol. The van der Waals surface area contributed by atoms with Crippen LogP contribution in [0.2, 0.25) is 0 Å². The summed E-state index contributed by atoms with van der Waals surface area (Å²) < 4.78 is 141. The van der Waals surface area contributed by atoms with Crippen LogP contribution in [0.3, 0.4) is 0 Å². The van der Waals surface area contributed by atoms with E-state index in [-0.39, 0.29) is 0 Å². The molecule has 1 rings (SSSR count). The molecule has 0 atom stereocenters. The maximum Gasteiger partial charge on any atom is 0.673 e. The number of phenolic OH excluding ortho intramolecular Hbond substituents is 1. The van der Waals surface area contributed by atoms with Crippen LogP contribution in [0.1, 0.15) is 0 Å². The summed E-state index contributed by atoms with van der Waals surface area (Å²) in [6, 6.07) is 2.52. The first-order valence-corrected chi connectivity index (χ1v) is 4.96. The average molecular weight is 391 g/mol. The molecule has 0 radical (unpaired) electrons. The van der Waals surface area contributed by atoms with Gasteiger partial charge in [-0.1, -0.05) is 0 Å². The fourth-order valence-corrected chi connectivity index (χ4v) is 0.486. The van der Waals surface area contributed by atoms with Gasteiger partial charge in [0.1, 0.15) is 5.82 Å². The first-order valence-electron chi connectivity index (χ1n) is 4.96. The normalized spacial score (nSPS) is 11.1. The first kappa shape index (κ1) is 27.1. The minimum Gasteiger partial charge on any atom is -0.505 e. The Morgan fingerprint density at radius 2 is 0.833 bits per heavy atom. The highest BCUT2D eigenvalue weighted by molar-refractivity contribution is 6.50. The summed E-state index contributed by atoms with van der Waals surface area (Å²) in [7, 11) is -18.0. The third-order valence-corrected chi connectivity index (χ3v) is 0.908. The molecule has 0 heterocycles. The molecule has 0 unspecified atom stereocenters. The van der Waals surface area contributed by atoms with Crippen molar-refractivity contribution in [3.63, 3.8) is 0 Å². The van der Waals surface area contributed by atoms with Crippen LogP contribution in [0.15, 0.2) is 18.2 Å². The molecule has 0 aliphatic rings. The van der Waals surface area contributed by atoms with Crippen LogP contribution >= 0.6 is 0 Å². The Kier molecular flexibility index (Phi) is 12.3. The van der Waals surface area contributed by atoms with Gasteiger partial charge < -0.3 is 56.9 Å². The molecule has 18 heteroatoms. The molecule has 0 aromatic heterocycles. The van der Waals surface area contributed by atoms with Crippen molar-refractivity contribution in [3.8, 4) is 5.75 Å². The van der Waals surface area contributed by atoms with Gasteiger partial charge in [-0.3, -0.25) is 0 Å². The van der Waals surface area contributed by atoms with Crippen molar-refractivity contribution >= 4 is 21.8 Å². The summed E-state index contributed by atoms with van der Waals surface area (Å²) in [6.07, 6.45) is 0. The van der Waals surface area contributed by atoms with Crippen molar-refractivity contribution in [2.75, 3.05) is 0 Å². The Morgan fingerprint density at radius 1 is 0.583 bits per heavy atom. The SMILES string of the molecule is F[B-](F)(F)F.F[B-](F)(F)F.F[B-](F)(F)F.Oc1cc(F)ccc1F. The van der Waals surface area contributed by atoms with Crippen LogP contribution in [-0.2, 0) is 0 Å². The van der Waals surface area contributed by atoms with Gasteiger partial charge in [-0.25, -0.2) is 8.78 Å². The van der Waals surface area contributed by atoms with E-state index in [0.29, 0.717) is 0 Å². The second-order valence-corrected chi connectivity index (χ2v) is 3.08. The van der Waals surface area contributed by atoms with Gasteiger partial charge in [0.15, 0.2) is 11.6 Å². The summed E-state index contributed by atoms with van der Waals surface area (Å²) in [6.45, 7) is 0. The number of rotatable bonds is 0. The quantitative estimate of drug-likeness (QED) is 0.453. The topological polar surface area (TPSA) is 20.2 Å². The summed E-state index contributed by atoms with van der Waals surface area (Å²) >= 11 is 0. The lowest BCUT2D eigenvalue weighted by atomic mass is 10.3. The Bertz CT molecular complexity index is 407. The number of phenols is 1. The highest BCUT2D eigenvalue weighted by Gasteiger charge is 2.21. The molecule has 144 valence electrons. The number of benzene rings is 1. The minimum atomic E-state index is -6.00. The van der Waals surface area contributed by atoms with Gasteiger partial charge in [-0.15, -0.1) is 0 Å². The predicted molar refractivity (Wildman–Crippen MR) is 58.6 cm³/mol. The van der Waals surface area contributed by atoms with E-state index < -0.39 is 39.1 Å². The largest absolute Gasteiger partial charge is 0.673 e. The molecule has 1 N–H and O–H groups in total. The van der Waals surface area contributed by atoms with Crippen molar-refractivity contribution in [1.29, 1.82) is 0 Å². The van der Waals surface area contributed by atoms with Gasteiger partial charge in [-0.05, 0) is 12.1 Å². The lowest BCUT2D eigenvalue weighted by Gasteiger charge is -1.94. The van der Waals surface area contributed by atoms with Crippen molar-refractivity contribution in [2.24, 2.45) is 0 Å². The Morgan fingerprint density at radius 3 is 1.00 bits per heavy atom. The molecule has 1 aromatic rings. The van der Waals surface area contributed by atoms with E-state index in [1.54, 1.807) is 0 Å². The monoisotopic (exact) mass is 391 g/mol. The van der Waals surface area contributed by atoms with E-state index in [9.17, 15) is 60.6 Å². The van der Waals surface area contributed by atoms with E-state index in [4.69, 9.17) is 5.11 Å². The molecule has 0 bridgehead atoms. The molecule has 0 fully saturated rings. The third-order valence-electron chi connectivity index (χ3n) is 0.908. The molecule has 0 saturated heterocycles. The molecule has 1 aromatic carbocycles. The molecule has 1 nitrogen and oxygen atoms in total. The Labute approximate surface area is 124 Å². The van der Waals surface area contributed by atoms with Crippen LogP contribution in [0.25, 0.3) is 0 Å². The minimum absolute atomic E-state index is 0.645. The second-order valence-electron chi connectivity index (χ2n) is 3.08. The lowest BCUT2D eigenvalue weighted by molar-refractivity contribution is 0.366. The maximum atomic E-state index is 12.1. The molecule has 0 amide bonds. The second kappa shape index (κ2) is 10.9. The van der Waals surface area contributed by atoms with Crippen molar-refractivity contribution in [3.05, 3.63) is 29.8 Å². The van der Waals surface area contributed by atoms with Crippen molar-refractivity contribution in [2.45, 2.75) is 0 Å². The van der Waals surface area contributed by atoms with E-state index in [1.807, 2.05) is 0 Å². The standard InChI is InChI=1S/C6H4F2O.3BF4/c7-4-1-2-5(8)6(9)3-4;3*2-1(3,4)5/h1-3,9H;;;/q;3*-1. The fourth-order valence-electron chi connectivity index (χ4n) is 0.486. The lowest BCUT2D eigenvalue weighted by Crippen LogP contribution is -2.02. The number of hydrogen-bond acceptors (Lipinski definition) is 1. The zero-order chi connectivity index (χ0) is 20.4. The fraction of sp³-hybridized carbons (Fsp3) is 0.